The van der Waals surface area contributed by atoms with Gasteiger partial charge in [0.25, 0.3) is 0 Å². The molecule has 0 unspecified atom stereocenters. The summed E-state index contributed by atoms with van der Waals surface area (Å²) in [4.78, 5) is 13.9. The van der Waals surface area contributed by atoms with E-state index in [9.17, 15) is 15.0 Å². The minimum Gasteiger partial charge on any atom is -0.497 e. The number of nitrogens with one attached hydrogen (secondary N) is 1. The average molecular weight is 380 g/mol. The van der Waals surface area contributed by atoms with Gasteiger partial charge in [-0.25, -0.2) is 4.79 Å². The first-order valence-electron chi connectivity index (χ1n) is 9.33. The van der Waals surface area contributed by atoms with Gasteiger partial charge in [-0.05, 0) is 57.9 Å². The second-order valence-corrected chi connectivity index (χ2v) is 8.10. The van der Waals surface area contributed by atoms with Crippen LogP contribution in [0.1, 0.15) is 33.6 Å². The smallest absolute Gasteiger partial charge is 0.410 e. The van der Waals surface area contributed by atoms with Crippen LogP contribution in [-0.2, 0) is 4.74 Å². The molecule has 7 nitrogen and oxygen atoms in total. The fraction of sp³-hybridized carbons (Fsp3) is 0.650. The molecule has 1 aliphatic heterocycles. The number of ether oxygens (including phenoxy) is 2. The van der Waals surface area contributed by atoms with Crippen LogP contribution in [0.2, 0.25) is 0 Å². The Morgan fingerprint density at radius 1 is 1.22 bits per heavy atom. The van der Waals surface area contributed by atoms with E-state index in [4.69, 9.17) is 9.47 Å². The van der Waals surface area contributed by atoms with Gasteiger partial charge in [-0.1, -0.05) is 0 Å². The van der Waals surface area contributed by atoms with Gasteiger partial charge < -0.3 is 29.9 Å². The SMILES string of the molecule is COc1ccc(N[C@H](CO)C2(CO)CCN(C(=O)OC(C)(C)C)CC2)cc1. The van der Waals surface area contributed by atoms with Crippen molar-refractivity contribution in [3.63, 3.8) is 0 Å². The first-order valence-corrected chi connectivity index (χ1v) is 9.33. The molecule has 152 valence electrons. The van der Waals surface area contributed by atoms with Gasteiger partial charge in [-0.15, -0.1) is 0 Å². The van der Waals surface area contributed by atoms with E-state index in [-0.39, 0.29) is 25.3 Å². The molecule has 1 saturated heterocycles. The fourth-order valence-corrected chi connectivity index (χ4v) is 3.36. The third-order valence-corrected chi connectivity index (χ3v) is 5.08. The summed E-state index contributed by atoms with van der Waals surface area (Å²) in [6, 6.07) is 7.11. The molecule has 3 N–H and O–H groups in total. The van der Waals surface area contributed by atoms with Crippen LogP contribution in [0, 0.1) is 5.41 Å². The van der Waals surface area contributed by atoms with E-state index in [1.807, 2.05) is 45.0 Å². The predicted octanol–water partition coefficient (Wildman–Crippen LogP) is 2.48. The number of anilines is 1. The van der Waals surface area contributed by atoms with E-state index in [0.717, 1.165) is 11.4 Å². The van der Waals surface area contributed by atoms with Crippen LogP contribution in [0.5, 0.6) is 5.75 Å². The number of carbonyl (C=O) groups excluding carboxylic acids is 1. The molecule has 0 aromatic heterocycles. The van der Waals surface area contributed by atoms with Crippen molar-refractivity contribution in [1.29, 1.82) is 0 Å². The van der Waals surface area contributed by atoms with Crippen molar-refractivity contribution in [1.82, 2.24) is 4.90 Å². The van der Waals surface area contributed by atoms with Gasteiger partial charge in [0, 0.05) is 24.2 Å². The largest absolute Gasteiger partial charge is 0.497 e. The Balaban J connectivity index is 2.03. The molecule has 0 bridgehead atoms. The zero-order chi connectivity index (χ0) is 20.1. The van der Waals surface area contributed by atoms with Crippen LogP contribution in [0.25, 0.3) is 0 Å². The summed E-state index contributed by atoms with van der Waals surface area (Å²) >= 11 is 0. The molecule has 1 aliphatic rings. The number of rotatable bonds is 6. The number of hydrogen-bond acceptors (Lipinski definition) is 6. The number of aliphatic hydroxyl groups excluding tert-OH is 2. The highest BCUT2D eigenvalue weighted by atomic mass is 16.6. The molecule has 0 aliphatic carbocycles. The normalized spacial score (nSPS) is 17.9. The number of carbonyl (C=O) groups is 1. The molecule has 0 saturated carbocycles. The quantitative estimate of drug-likeness (QED) is 0.702. The molecule has 0 spiro atoms. The molecule has 0 radical (unpaired) electrons. The molecule has 1 amide bonds. The number of nitrogens with zero attached hydrogens (tertiary/aromatic N) is 1. The standard InChI is InChI=1S/C20H32N2O5/c1-19(2,3)27-18(25)22-11-9-20(14-24,10-12-22)17(13-23)21-15-5-7-16(26-4)8-6-15/h5-8,17,21,23-24H,9-14H2,1-4H3/t17-/m1/s1. The first kappa shape index (κ1) is 21.3. The van der Waals surface area contributed by atoms with Crippen LogP contribution < -0.4 is 10.1 Å². The molecular weight excluding hydrogens is 348 g/mol. The van der Waals surface area contributed by atoms with Crippen molar-refractivity contribution < 1.29 is 24.5 Å². The Bertz CT molecular complexity index is 604. The number of methoxy groups -OCH3 is 1. The molecule has 1 aromatic rings. The van der Waals surface area contributed by atoms with Crippen LogP contribution >= 0.6 is 0 Å². The molecule has 1 fully saturated rings. The Labute approximate surface area is 161 Å². The number of hydrogen-bond donors (Lipinski definition) is 3. The summed E-state index contributed by atoms with van der Waals surface area (Å²) in [6.07, 6.45) is 0.825. The average Bonchev–Trinajstić information content (AvgIpc) is 2.65. The molecule has 7 heteroatoms. The third kappa shape index (κ3) is 5.49. The van der Waals surface area contributed by atoms with Crippen LogP contribution in [0.3, 0.4) is 0 Å². The summed E-state index contributed by atoms with van der Waals surface area (Å²) in [6.45, 7) is 6.31. The lowest BCUT2D eigenvalue weighted by molar-refractivity contribution is -0.0110. The van der Waals surface area contributed by atoms with E-state index >= 15 is 0 Å². The predicted molar refractivity (Wildman–Crippen MR) is 104 cm³/mol. The minimum atomic E-state index is -0.536. The summed E-state index contributed by atoms with van der Waals surface area (Å²) < 4.78 is 10.6. The van der Waals surface area contributed by atoms with Crippen LogP contribution in [-0.4, -0.2) is 66.3 Å². The van der Waals surface area contributed by atoms with Gasteiger partial charge in [0.1, 0.15) is 11.4 Å². The van der Waals surface area contributed by atoms with Crippen molar-refractivity contribution in [2.75, 3.05) is 38.7 Å². The lowest BCUT2D eigenvalue weighted by Crippen LogP contribution is -2.54. The summed E-state index contributed by atoms with van der Waals surface area (Å²) in [5, 5.41) is 23.4. The topological polar surface area (TPSA) is 91.3 Å². The van der Waals surface area contributed by atoms with Gasteiger partial charge in [-0.3, -0.25) is 0 Å². The van der Waals surface area contributed by atoms with Crippen LogP contribution in [0.4, 0.5) is 10.5 Å². The third-order valence-electron chi connectivity index (χ3n) is 5.08. The summed E-state index contributed by atoms with van der Waals surface area (Å²) in [5.41, 5.74) is -0.198. The van der Waals surface area contributed by atoms with E-state index < -0.39 is 11.0 Å². The number of benzene rings is 1. The van der Waals surface area contributed by atoms with Crippen LogP contribution in [0.15, 0.2) is 24.3 Å². The van der Waals surface area contributed by atoms with Gasteiger partial charge >= 0.3 is 6.09 Å². The Morgan fingerprint density at radius 2 is 1.81 bits per heavy atom. The van der Waals surface area contributed by atoms with Gasteiger partial charge in [0.15, 0.2) is 0 Å². The lowest BCUT2D eigenvalue weighted by atomic mass is 9.73. The van der Waals surface area contributed by atoms with E-state index in [1.54, 1.807) is 12.0 Å². The van der Waals surface area contributed by atoms with Crippen molar-refractivity contribution in [2.24, 2.45) is 5.41 Å². The number of likely N-dealkylation sites (tertiary alicyclic amines) is 1. The molecule has 1 aromatic carbocycles. The minimum absolute atomic E-state index is 0.0659. The van der Waals surface area contributed by atoms with Gasteiger partial charge in [-0.2, -0.15) is 0 Å². The Morgan fingerprint density at radius 3 is 2.26 bits per heavy atom. The van der Waals surface area contributed by atoms with Gasteiger partial charge in [0.05, 0.1) is 26.4 Å². The highest BCUT2D eigenvalue weighted by molar-refractivity contribution is 5.68. The second-order valence-electron chi connectivity index (χ2n) is 8.10. The summed E-state index contributed by atoms with van der Waals surface area (Å²) in [5.74, 6) is 0.753. The highest BCUT2D eigenvalue weighted by Crippen LogP contribution is 2.36. The summed E-state index contributed by atoms with van der Waals surface area (Å²) in [7, 11) is 1.61. The molecular formula is C20H32N2O5. The second kappa shape index (κ2) is 8.80. The maximum atomic E-state index is 12.3. The Hall–Kier alpha value is -1.99. The van der Waals surface area contributed by atoms with Crippen molar-refractivity contribution >= 4 is 11.8 Å². The highest BCUT2D eigenvalue weighted by Gasteiger charge is 2.42. The lowest BCUT2D eigenvalue weighted by Gasteiger charge is -2.45. The monoisotopic (exact) mass is 380 g/mol. The van der Waals surface area contributed by atoms with E-state index in [0.29, 0.717) is 25.9 Å². The van der Waals surface area contributed by atoms with Gasteiger partial charge in [0.2, 0.25) is 0 Å². The zero-order valence-corrected chi connectivity index (χ0v) is 16.7. The van der Waals surface area contributed by atoms with E-state index in [2.05, 4.69) is 5.32 Å². The number of aliphatic hydroxyl groups is 2. The maximum Gasteiger partial charge on any atom is 0.410 e. The van der Waals surface area contributed by atoms with Crippen molar-refractivity contribution in [3.8, 4) is 5.75 Å². The molecule has 27 heavy (non-hydrogen) atoms. The maximum absolute atomic E-state index is 12.3. The van der Waals surface area contributed by atoms with E-state index in [1.165, 1.54) is 0 Å². The molecule has 2 rings (SSSR count). The number of piperidine rings is 1. The zero-order valence-electron chi connectivity index (χ0n) is 16.7. The van der Waals surface area contributed by atoms with Crippen molar-refractivity contribution in [3.05, 3.63) is 24.3 Å². The van der Waals surface area contributed by atoms with Crippen molar-refractivity contribution in [2.45, 2.75) is 45.3 Å². The molecule has 1 heterocycles. The molecule has 1 atom stereocenters. The number of amides is 1. The Kier molecular flexibility index (Phi) is 6.95. The fourth-order valence-electron chi connectivity index (χ4n) is 3.36. The first-order chi connectivity index (χ1) is 12.7.